The van der Waals surface area contributed by atoms with Crippen LogP contribution in [0.4, 0.5) is 0 Å². The molecule has 1 aromatic heterocycles. The van der Waals surface area contributed by atoms with Gasteiger partial charge in [0.25, 0.3) is 0 Å². The zero-order chi connectivity index (χ0) is 18.4. The third-order valence-electron chi connectivity index (χ3n) is 3.26. The van der Waals surface area contributed by atoms with Gasteiger partial charge in [0.15, 0.2) is 11.5 Å². The molecule has 0 aliphatic carbocycles. The molecule has 0 N–H and O–H groups in total. The average Bonchev–Trinajstić information content (AvgIpc) is 2.57. The van der Waals surface area contributed by atoms with E-state index in [1.807, 2.05) is 13.8 Å². The Labute approximate surface area is 146 Å². The number of rotatable bonds is 7. The van der Waals surface area contributed by atoms with Crippen LogP contribution in [0.1, 0.15) is 25.2 Å². The largest absolute Gasteiger partial charge is 0.493 e. The summed E-state index contributed by atoms with van der Waals surface area (Å²) in [5.74, 6) is 2.45. The monoisotopic (exact) mass is 346 g/mol. The molecular formula is C19H22O6. The van der Waals surface area contributed by atoms with Crippen LogP contribution in [0.5, 0.6) is 23.0 Å². The molecule has 1 heterocycles. The minimum Gasteiger partial charge on any atom is -0.493 e. The Hall–Kier alpha value is -2.89. The number of hydrogen-bond donors (Lipinski definition) is 0. The first-order valence-corrected chi connectivity index (χ1v) is 7.76. The molecule has 0 unspecified atom stereocenters. The number of hydrogen-bond acceptors (Lipinski definition) is 6. The van der Waals surface area contributed by atoms with E-state index in [0.717, 1.165) is 5.56 Å². The van der Waals surface area contributed by atoms with Crippen molar-refractivity contribution in [3.05, 3.63) is 46.0 Å². The highest BCUT2D eigenvalue weighted by molar-refractivity contribution is 5.71. The van der Waals surface area contributed by atoms with E-state index in [9.17, 15) is 4.79 Å². The Kier molecular flexibility index (Phi) is 6.11. The van der Waals surface area contributed by atoms with Crippen molar-refractivity contribution < 1.29 is 23.4 Å². The topological polar surface area (TPSA) is 67.1 Å². The van der Waals surface area contributed by atoms with Crippen molar-refractivity contribution in [3.63, 3.8) is 0 Å². The van der Waals surface area contributed by atoms with Crippen LogP contribution in [0.25, 0.3) is 12.2 Å². The molecule has 2 rings (SSSR count). The molecule has 25 heavy (non-hydrogen) atoms. The van der Waals surface area contributed by atoms with E-state index in [1.165, 1.54) is 6.07 Å². The Morgan fingerprint density at radius 1 is 0.920 bits per heavy atom. The van der Waals surface area contributed by atoms with Gasteiger partial charge in [-0.25, -0.2) is 4.79 Å². The Morgan fingerprint density at radius 3 is 2.08 bits per heavy atom. The van der Waals surface area contributed by atoms with Crippen molar-refractivity contribution in [2.75, 3.05) is 21.3 Å². The number of methoxy groups -OCH3 is 3. The van der Waals surface area contributed by atoms with Gasteiger partial charge in [-0.1, -0.05) is 6.08 Å². The number of benzene rings is 1. The first kappa shape index (κ1) is 18.4. The van der Waals surface area contributed by atoms with Gasteiger partial charge in [-0.3, -0.25) is 0 Å². The van der Waals surface area contributed by atoms with Gasteiger partial charge in [0.2, 0.25) is 5.75 Å². The second kappa shape index (κ2) is 8.28. The summed E-state index contributed by atoms with van der Waals surface area (Å²) in [6, 6.07) is 6.57. The zero-order valence-corrected chi connectivity index (χ0v) is 15.0. The molecule has 134 valence electrons. The van der Waals surface area contributed by atoms with Gasteiger partial charge in [-0.2, -0.15) is 0 Å². The Morgan fingerprint density at radius 2 is 1.56 bits per heavy atom. The summed E-state index contributed by atoms with van der Waals surface area (Å²) < 4.78 is 26.6. The minimum absolute atomic E-state index is 0.0336. The van der Waals surface area contributed by atoms with Crippen molar-refractivity contribution in [3.8, 4) is 23.0 Å². The second-order valence-electron chi connectivity index (χ2n) is 5.47. The zero-order valence-electron chi connectivity index (χ0n) is 15.0. The lowest BCUT2D eigenvalue weighted by Gasteiger charge is -2.12. The number of ether oxygens (including phenoxy) is 4. The summed E-state index contributed by atoms with van der Waals surface area (Å²) in [5.41, 5.74) is 0.329. The van der Waals surface area contributed by atoms with Crippen LogP contribution < -0.4 is 24.6 Å². The lowest BCUT2D eigenvalue weighted by atomic mass is 10.1. The standard InChI is InChI=1S/C19H22O6/c1-12(2)24-15-10-14(25-18(20)11-15)7-6-13-8-16(21-3)19(23-5)17(9-13)22-4/h6-12H,1-5H3/b7-6+. The summed E-state index contributed by atoms with van der Waals surface area (Å²) >= 11 is 0. The smallest absolute Gasteiger partial charge is 0.339 e. The predicted octanol–water partition coefficient (Wildman–Crippen LogP) is 3.62. The van der Waals surface area contributed by atoms with E-state index >= 15 is 0 Å². The normalized spacial score (nSPS) is 11.0. The van der Waals surface area contributed by atoms with E-state index in [-0.39, 0.29) is 6.10 Å². The van der Waals surface area contributed by atoms with Crippen molar-refractivity contribution in [1.29, 1.82) is 0 Å². The van der Waals surface area contributed by atoms with Crippen molar-refractivity contribution in [2.45, 2.75) is 20.0 Å². The molecule has 0 bridgehead atoms. The molecule has 0 saturated carbocycles. The fraction of sp³-hybridized carbons (Fsp3) is 0.316. The molecule has 0 radical (unpaired) electrons. The van der Waals surface area contributed by atoms with Crippen molar-refractivity contribution >= 4 is 12.2 Å². The van der Waals surface area contributed by atoms with Crippen LogP contribution in [0, 0.1) is 0 Å². The van der Waals surface area contributed by atoms with Crippen LogP contribution >= 0.6 is 0 Å². The highest BCUT2D eigenvalue weighted by atomic mass is 16.5. The third-order valence-corrected chi connectivity index (χ3v) is 3.26. The molecule has 0 aliphatic heterocycles. The predicted molar refractivity (Wildman–Crippen MR) is 95.8 cm³/mol. The lowest BCUT2D eigenvalue weighted by molar-refractivity contribution is 0.239. The van der Waals surface area contributed by atoms with Crippen LogP contribution in [0.3, 0.4) is 0 Å². The summed E-state index contributed by atoms with van der Waals surface area (Å²) in [4.78, 5) is 11.7. The first-order valence-electron chi connectivity index (χ1n) is 7.76. The van der Waals surface area contributed by atoms with E-state index in [1.54, 1.807) is 51.7 Å². The molecule has 6 heteroatoms. The maximum absolute atomic E-state index is 11.7. The van der Waals surface area contributed by atoms with Gasteiger partial charge >= 0.3 is 5.63 Å². The molecular weight excluding hydrogens is 324 g/mol. The summed E-state index contributed by atoms with van der Waals surface area (Å²) in [6.07, 6.45) is 3.42. The molecule has 2 aromatic rings. The molecule has 0 saturated heterocycles. The van der Waals surface area contributed by atoms with Gasteiger partial charge in [0.1, 0.15) is 11.5 Å². The van der Waals surface area contributed by atoms with E-state index < -0.39 is 5.63 Å². The van der Waals surface area contributed by atoms with Crippen LogP contribution in [-0.4, -0.2) is 27.4 Å². The van der Waals surface area contributed by atoms with Crippen LogP contribution in [-0.2, 0) is 0 Å². The fourth-order valence-corrected chi connectivity index (χ4v) is 2.27. The van der Waals surface area contributed by atoms with Gasteiger partial charge in [-0.05, 0) is 37.6 Å². The summed E-state index contributed by atoms with van der Waals surface area (Å²) in [5, 5.41) is 0. The highest BCUT2D eigenvalue weighted by Crippen LogP contribution is 2.38. The molecule has 6 nitrogen and oxygen atoms in total. The van der Waals surface area contributed by atoms with E-state index in [2.05, 4.69) is 0 Å². The highest BCUT2D eigenvalue weighted by Gasteiger charge is 2.12. The Bertz CT molecular complexity index is 779. The van der Waals surface area contributed by atoms with Crippen molar-refractivity contribution in [2.24, 2.45) is 0 Å². The van der Waals surface area contributed by atoms with Gasteiger partial charge < -0.3 is 23.4 Å². The molecule has 0 amide bonds. The molecule has 0 aliphatic rings. The van der Waals surface area contributed by atoms with Gasteiger partial charge in [0.05, 0.1) is 33.5 Å². The Balaban J connectivity index is 2.36. The quantitative estimate of drug-likeness (QED) is 0.763. The molecule has 1 aromatic carbocycles. The van der Waals surface area contributed by atoms with Crippen molar-refractivity contribution in [1.82, 2.24) is 0 Å². The van der Waals surface area contributed by atoms with E-state index in [0.29, 0.717) is 28.8 Å². The molecule has 0 fully saturated rings. The average molecular weight is 346 g/mol. The van der Waals surface area contributed by atoms with Crippen LogP contribution in [0.2, 0.25) is 0 Å². The SMILES string of the molecule is COc1cc(/C=C/c2cc(OC(C)C)cc(=O)o2)cc(OC)c1OC. The maximum atomic E-state index is 11.7. The maximum Gasteiger partial charge on any atom is 0.339 e. The lowest BCUT2D eigenvalue weighted by Crippen LogP contribution is -2.08. The summed E-state index contributed by atoms with van der Waals surface area (Å²) in [7, 11) is 4.65. The third kappa shape index (κ3) is 4.79. The van der Waals surface area contributed by atoms with Gasteiger partial charge in [0, 0.05) is 6.07 Å². The molecule has 0 spiro atoms. The molecule has 0 atom stereocenters. The summed E-state index contributed by atoms with van der Waals surface area (Å²) in [6.45, 7) is 3.78. The van der Waals surface area contributed by atoms with Gasteiger partial charge in [-0.15, -0.1) is 0 Å². The van der Waals surface area contributed by atoms with Crippen LogP contribution in [0.15, 0.2) is 33.5 Å². The second-order valence-corrected chi connectivity index (χ2v) is 5.47. The van der Waals surface area contributed by atoms with E-state index in [4.69, 9.17) is 23.4 Å². The minimum atomic E-state index is -0.470. The fourth-order valence-electron chi connectivity index (χ4n) is 2.27. The first-order chi connectivity index (χ1) is 12.0.